The van der Waals surface area contributed by atoms with Crippen molar-refractivity contribution in [3.8, 4) is 5.88 Å². The fraction of sp³-hybridized carbons (Fsp3) is 0.294. The van der Waals surface area contributed by atoms with Crippen molar-refractivity contribution in [1.82, 2.24) is 4.57 Å². The van der Waals surface area contributed by atoms with Crippen LogP contribution in [0, 0.1) is 5.92 Å². The molecule has 0 saturated carbocycles. The van der Waals surface area contributed by atoms with Crippen LogP contribution in [0.2, 0.25) is 0 Å². The van der Waals surface area contributed by atoms with Gasteiger partial charge in [0.25, 0.3) is 5.91 Å². The van der Waals surface area contributed by atoms with E-state index in [-0.39, 0.29) is 23.0 Å². The summed E-state index contributed by atoms with van der Waals surface area (Å²) in [6.45, 7) is 3.60. The number of nitrogens with zero attached hydrogens (tertiary/aromatic N) is 2. The summed E-state index contributed by atoms with van der Waals surface area (Å²) in [6.07, 6.45) is 0. The predicted molar refractivity (Wildman–Crippen MR) is 90.8 cm³/mol. The summed E-state index contributed by atoms with van der Waals surface area (Å²) < 4.78 is 5.94. The zero-order chi connectivity index (χ0) is 18.1. The van der Waals surface area contributed by atoms with Crippen molar-refractivity contribution in [2.24, 2.45) is 10.9 Å². The van der Waals surface area contributed by atoms with Gasteiger partial charge in [0.1, 0.15) is 11.4 Å². The molecule has 25 heavy (non-hydrogen) atoms. The van der Waals surface area contributed by atoms with Crippen LogP contribution in [0.3, 0.4) is 0 Å². The van der Waals surface area contributed by atoms with Gasteiger partial charge in [-0.05, 0) is 12.0 Å². The fourth-order valence-electron chi connectivity index (χ4n) is 2.42. The van der Waals surface area contributed by atoms with Gasteiger partial charge in [-0.15, -0.1) is 0 Å². The van der Waals surface area contributed by atoms with Gasteiger partial charge < -0.3 is 9.84 Å². The average Bonchev–Trinajstić information content (AvgIpc) is 3.03. The van der Waals surface area contributed by atoms with Gasteiger partial charge in [-0.1, -0.05) is 43.4 Å². The number of carbonyl (C=O) groups excluding carboxylic acids is 2. The Bertz CT molecular complexity index is 1030. The van der Waals surface area contributed by atoms with Crippen LogP contribution in [0.4, 0.5) is 0 Å². The second-order valence-corrected chi connectivity index (χ2v) is 6.95. The number of ether oxygens (including phenoxy) is 1. The molecule has 0 aliphatic carbocycles. The third-order valence-electron chi connectivity index (χ3n) is 3.57. The Hall–Kier alpha value is -2.74. The van der Waals surface area contributed by atoms with Gasteiger partial charge in [0.2, 0.25) is 5.88 Å². The molecule has 0 bridgehead atoms. The molecule has 1 aromatic carbocycles. The van der Waals surface area contributed by atoms with Crippen LogP contribution in [0.15, 0.2) is 34.1 Å². The topological polar surface area (TPSA) is 98.0 Å². The molecule has 1 N–H and O–H groups in total. The standard InChI is InChI=1S/C17H16N2O5S/c1-9(2)8-24-12(20)7-19-16(22)14(25-17(19)23)13-10-5-3-4-6-11(10)18-15(13)21/h3-6,9,22H,7-8H2,1-2H3. The highest BCUT2D eigenvalue weighted by molar-refractivity contribution is 7.11. The summed E-state index contributed by atoms with van der Waals surface area (Å²) in [5.41, 5.74) is 0.171. The number of aromatic hydroxyl groups is 1. The number of carbonyl (C=O) groups is 2. The maximum Gasteiger partial charge on any atom is 0.326 e. The van der Waals surface area contributed by atoms with Crippen LogP contribution in [0.1, 0.15) is 18.7 Å². The Morgan fingerprint density at radius 3 is 2.76 bits per heavy atom. The van der Waals surface area contributed by atoms with Crippen molar-refractivity contribution in [3.63, 3.8) is 0 Å². The van der Waals surface area contributed by atoms with Gasteiger partial charge in [-0.2, -0.15) is 0 Å². The second kappa shape index (κ2) is 6.64. The maximum absolute atomic E-state index is 12.2. The third-order valence-corrected chi connectivity index (χ3v) is 4.56. The van der Waals surface area contributed by atoms with E-state index in [1.807, 2.05) is 13.8 Å². The Balaban J connectivity index is 2.00. The highest BCUT2D eigenvalue weighted by Crippen LogP contribution is 2.28. The van der Waals surface area contributed by atoms with E-state index in [1.54, 1.807) is 24.3 Å². The van der Waals surface area contributed by atoms with Crippen LogP contribution in [0.25, 0.3) is 5.57 Å². The number of esters is 1. The Kier molecular flexibility index (Phi) is 4.54. The molecule has 3 rings (SSSR count). The van der Waals surface area contributed by atoms with Crippen LogP contribution in [0.5, 0.6) is 5.88 Å². The summed E-state index contributed by atoms with van der Waals surface area (Å²) in [4.78, 5) is 39.7. The molecule has 2 heterocycles. The molecule has 0 spiro atoms. The van der Waals surface area contributed by atoms with Gasteiger partial charge >= 0.3 is 10.8 Å². The first-order chi connectivity index (χ1) is 11.9. The molecular weight excluding hydrogens is 344 g/mol. The summed E-state index contributed by atoms with van der Waals surface area (Å²) in [5, 5.41) is 11.4. The van der Waals surface area contributed by atoms with E-state index < -0.39 is 29.2 Å². The highest BCUT2D eigenvalue weighted by atomic mass is 32.1. The minimum absolute atomic E-state index is 0.111. The molecule has 1 aromatic heterocycles. The number of hydrogen-bond acceptors (Lipinski definition) is 6. The second-order valence-electron chi connectivity index (χ2n) is 5.99. The monoisotopic (exact) mass is 360 g/mol. The van der Waals surface area contributed by atoms with E-state index in [9.17, 15) is 19.5 Å². The van der Waals surface area contributed by atoms with Crippen LogP contribution >= 0.6 is 11.3 Å². The minimum Gasteiger partial charge on any atom is -0.493 e. The number of aromatic nitrogens is 1. The normalized spacial score (nSPS) is 13.1. The Labute approximate surface area is 146 Å². The summed E-state index contributed by atoms with van der Waals surface area (Å²) in [6, 6.07) is 6.87. The van der Waals surface area contributed by atoms with E-state index in [0.717, 1.165) is 4.57 Å². The lowest BCUT2D eigenvalue weighted by Gasteiger charge is -2.08. The Morgan fingerprint density at radius 2 is 2.04 bits per heavy atom. The lowest BCUT2D eigenvalue weighted by molar-refractivity contribution is -0.145. The zero-order valence-corrected chi connectivity index (χ0v) is 14.5. The van der Waals surface area contributed by atoms with Gasteiger partial charge in [0.05, 0.1) is 17.5 Å². The fourth-order valence-corrected chi connectivity index (χ4v) is 3.35. The molecule has 0 atom stereocenters. The molecule has 0 saturated heterocycles. The Morgan fingerprint density at radius 1 is 1.32 bits per heavy atom. The van der Waals surface area contributed by atoms with Crippen molar-refractivity contribution in [1.29, 1.82) is 0 Å². The minimum atomic E-state index is -0.622. The van der Waals surface area contributed by atoms with Crippen LogP contribution in [-0.2, 0) is 20.9 Å². The van der Waals surface area contributed by atoms with Crippen molar-refractivity contribution in [3.05, 3.63) is 49.4 Å². The zero-order valence-electron chi connectivity index (χ0n) is 13.7. The number of benzene rings is 1. The number of rotatable bonds is 5. The first-order valence-corrected chi connectivity index (χ1v) is 8.51. The van der Waals surface area contributed by atoms with Crippen molar-refractivity contribution < 1.29 is 19.4 Å². The molecule has 7 nitrogen and oxygen atoms in total. The van der Waals surface area contributed by atoms with Gasteiger partial charge in [0.15, 0.2) is 0 Å². The molecule has 0 fully saturated rings. The van der Waals surface area contributed by atoms with Crippen molar-refractivity contribution >= 4 is 28.8 Å². The van der Waals surface area contributed by atoms with E-state index in [4.69, 9.17) is 4.74 Å². The number of para-hydroxylation sites is 1. The number of amides is 1. The molecule has 1 aliphatic heterocycles. The molecule has 130 valence electrons. The molecule has 1 aliphatic rings. The molecular formula is C17H16N2O5S. The van der Waals surface area contributed by atoms with Gasteiger partial charge in [-0.3, -0.25) is 19.0 Å². The van der Waals surface area contributed by atoms with Gasteiger partial charge in [0, 0.05) is 5.22 Å². The van der Waals surface area contributed by atoms with Crippen LogP contribution in [-0.4, -0.2) is 28.2 Å². The first-order valence-electron chi connectivity index (χ1n) is 7.69. The number of fused-ring (bicyclic) bond motifs is 1. The maximum atomic E-state index is 12.2. The molecule has 0 unspecified atom stereocenters. The summed E-state index contributed by atoms with van der Waals surface area (Å²) in [5.74, 6) is -1.40. The quantitative estimate of drug-likeness (QED) is 0.767. The van der Waals surface area contributed by atoms with E-state index in [0.29, 0.717) is 21.9 Å². The van der Waals surface area contributed by atoms with E-state index in [2.05, 4.69) is 4.99 Å². The van der Waals surface area contributed by atoms with Crippen molar-refractivity contribution in [2.75, 3.05) is 6.61 Å². The SMILES string of the molecule is CC(C)COC(=O)Cn1c(O)c(C2=c3ccccc3=NC2=O)sc1=O. The smallest absolute Gasteiger partial charge is 0.326 e. The molecule has 1 amide bonds. The summed E-state index contributed by atoms with van der Waals surface area (Å²) >= 11 is 0.704. The lowest BCUT2D eigenvalue weighted by atomic mass is 10.1. The average molecular weight is 360 g/mol. The van der Waals surface area contributed by atoms with E-state index >= 15 is 0 Å². The third kappa shape index (κ3) is 3.25. The summed E-state index contributed by atoms with van der Waals surface area (Å²) in [7, 11) is 0. The largest absolute Gasteiger partial charge is 0.493 e. The highest BCUT2D eigenvalue weighted by Gasteiger charge is 2.26. The van der Waals surface area contributed by atoms with Gasteiger partial charge in [-0.25, -0.2) is 4.99 Å². The lowest BCUT2D eigenvalue weighted by Crippen LogP contribution is -2.22. The van der Waals surface area contributed by atoms with Crippen LogP contribution < -0.4 is 15.4 Å². The molecule has 0 radical (unpaired) electrons. The first kappa shape index (κ1) is 17.1. The predicted octanol–water partition coefficient (Wildman–Crippen LogP) is 0.173. The molecule has 2 aromatic rings. The number of thiazole rings is 1. The molecule has 8 heteroatoms. The van der Waals surface area contributed by atoms with Crippen molar-refractivity contribution in [2.45, 2.75) is 20.4 Å². The number of hydrogen-bond donors (Lipinski definition) is 1. The van der Waals surface area contributed by atoms with E-state index in [1.165, 1.54) is 0 Å².